The first kappa shape index (κ1) is 8.32. The minimum atomic E-state index is 0.224. The van der Waals surface area contributed by atoms with E-state index in [0.717, 1.165) is 16.5 Å². The summed E-state index contributed by atoms with van der Waals surface area (Å²) in [6, 6.07) is 5.07. The molecule has 1 aromatic heterocycles. The first-order valence-electron chi connectivity index (χ1n) is 3.92. The van der Waals surface area contributed by atoms with Gasteiger partial charge in [0.05, 0.1) is 10.5 Å². The number of pyridine rings is 1. The number of benzene rings is 1. The minimum absolute atomic E-state index is 0.224. The number of phenolic OH excluding ortho intramolecular Hbond substituents is 1. The molecule has 2 aromatic rings. The molecule has 0 saturated heterocycles. The SMILES string of the molecule is Cc1c(Cl)cnc2cc(O)ccc12. The van der Waals surface area contributed by atoms with Crippen molar-refractivity contribution in [2.45, 2.75) is 6.92 Å². The summed E-state index contributed by atoms with van der Waals surface area (Å²) in [7, 11) is 0. The number of phenols is 1. The van der Waals surface area contributed by atoms with E-state index in [0.29, 0.717) is 5.02 Å². The summed E-state index contributed by atoms with van der Waals surface area (Å²) in [4.78, 5) is 4.11. The molecule has 0 saturated carbocycles. The van der Waals surface area contributed by atoms with Crippen LogP contribution in [-0.2, 0) is 0 Å². The first-order valence-corrected chi connectivity index (χ1v) is 4.30. The Balaban J connectivity index is 2.87. The third kappa shape index (κ3) is 1.33. The Morgan fingerprint density at radius 2 is 2.15 bits per heavy atom. The molecule has 0 atom stereocenters. The fourth-order valence-electron chi connectivity index (χ4n) is 1.30. The smallest absolute Gasteiger partial charge is 0.117 e. The fourth-order valence-corrected chi connectivity index (χ4v) is 1.45. The highest BCUT2D eigenvalue weighted by molar-refractivity contribution is 6.32. The lowest BCUT2D eigenvalue weighted by molar-refractivity contribution is 0.476. The molecular weight excluding hydrogens is 186 g/mol. The molecule has 0 aliphatic heterocycles. The van der Waals surface area contributed by atoms with Crippen molar-refractivity contribution < 1.29 is 5.11 Å². The van der Waals surface area contributed by atoms with Crippen molar-refractivity contribution in [3.8, 4) is 5.75 Å². The van der Waals surface area contributed by atoms with Crippen molar-refractivity contribution in [2.24, 2.45) is 0 Å². The number of aryl methyl sites for hydroxylation is 1. The largest absolute Gasteiger partial charge is 0.508 e. The van der Waals surface area contributed by atoms with Crippen molar-refractivity contribution in [2.75, 3.05) is 0 Å². The molecule has 1 N–H and O–H groups in total. The molecule has 1 heterocycles. The number of nitrogens with zero attached hydrogens (tertiary/aromatic N) is 1. The van der Waals surface area contributed by atoms with Crippen LogP contribution >= 0.6 is 11.6 Å². The van der Waals surface area contributed by atoms with Gasteiger partial charge in [-0.25, -0.2) is 0 Å². The van der Waals surface area contributed by atoms with Crippen LogP contribution in [0.2, 0.25) is 5.02 Å². The Kier molecular flexibility index (Phi) is 1.85. The Bertz CT molecular complexity index is 468. The molecule has 3 heteroatoms. The molecule has 2 nitrogen and oxygen atoms in total. The normalized spacial score (nSPS) is 10.6. The van der Waals surface area contributed by atoms with Crippen LogP contribution in [0.3, 0.4) is 0 Å². The number of aromatic nitrogens is 1. The Morgan fingerprint density at radius 1 is 1.38 bits per heavy atom. The van der Waals surface area contributed by atoms with Gasteiger partial charge < -0.3 is 5.11 Å². The van der Waals surface area contributed by atoms with Crippen molar-refractivity contribution >= 4 is 22.5 Å². The Hall–Kier alpha value is -1.28. The molecule has 13 heavy (non-hydrogen) atoms. The molecule has 0 spiro atoms. The van der Waals surface area contributed by atoms with E-state index in [9.17, 15) is 5.11 Å². The van der Waals surface area contributed by atoms with E-state index in [1.165, 1.54) is 0 Å². The molecule has 0 radical (unpaired) electrons. The number of halogens is 1. The van der Waals surface area contributed by atoms with E-state index in [1.54, 1.807) is 18.3 Å². The quantitative estimate of drug-likeness (QED) is 0.698. The van der Waals surface area contributed by atoms with Gasteiger partial charge in [0.15, 0.2) is 0 Å². The van der Waals surface area contributed by atoms with E-state index in [1.807, 2.05) is 13.0 Å². The Morgan fingerprint density at radius 3 is 2.92 bits per heavy atom. The monoisotopic (exact) mass is 193 g/mol. The average Bonchev–Trinajstić information content (AvgIpc) is 2.12. The summed E-state index contributed by atoms with van der Waals surface area (Å²) in [5.74, 6) is 0.224. The predicted molar refractivity (Wildman–Crippen MR) is 53.2 cm³/mol. The lowest BCUT2D eigenvalue weighted by Gasteiger charge is -2.03. The van der Waals surface area contributed by atoms with Crippen LogP contribution in [0.4, 0.5) is 0 Å². The zero-order valence-electron chi connectivity index (χ0n) is 7.08. The fraction of sp³-hybridized carbons (Fsp3) is 0.100. The average molecular weight is 194 g/mol. The molecule has 2 rings (SSSR count). The van der Waals surface area contributed by atoms with E-state index >= 15 is 0 Å². The zero-order chi connectivity index (χ0) is 9.42. The summed E-state index contributed by atoms with van der Waals surface area (Å²) < 4.78 is 0. The van der Waals surface area contributed by atoms with E-state index in [2.05, 4.69) is 4.98 Å². The van der Waals surface area contributed by atoms with Gasteiger partial charge in [-0.15, -0.1) is 0 Å². The van der Waals surface area contributed by atoms with Crippen LogP contribution in [0.15, 0.2) is 24.4 Å². The van der Waals surface area contributed by atoms with Crippen molar-refractivity contribution in [3.05, 3.63) is 35.0 Å². The molecule has 0 bridgehead atoms. The molecule has 0 aliphatic carbocycles. The van der Waals surface area contributed by atoms with Crippen molar-refractivity contribution in [3.63, 3.8) is 0 Å². The molecule has 0 unspecified atom stereocenters. The van der Waals surface area contributed by atoms with Crippen LogP contribution < -0.4 is 0 Å². The Labute approximate surface area is 80.8 Å². The summed E-state index contributed by atoms with van der Waals surface area (Å²) in [6.07, 6.45) is 1.60. The number of fused-ring (bicyclic) bond motifs is 1. The molecule has 0 amide bonds. The second-order valence-corrected chi connectivity index (χ2v) is 3.34. The van der Waals surface area contributed by atoms with Crippen molar-refractivity contribution in [1.82, 2.24) is 4.98 Å². The highest BCUT2D eigenvalue weighted by Gasteiger charge is 2.02. The second-order valence-electron chi connectivity index (χ2n) is 2.93. The third-order valence-corrected chi connectivity index (χ3v) is 2.44. The van der Waals surface area contributed by atoms with Crippen LogP contribution in [0.5, 0.6) is 5.75 Å². The zero-order valence-corrected chi connectivity index (χ0v) is 7.84. The minimum Gasteiger partial charge on any atom is -0.508 e. The van der Waals surface area contributed by atoms with E-state index in [-0.39, 0.29) is 5.75 Å². The van der Waals surface area contributed by atoms with Crippen LogP contribution in [0.1, 0.15) is 5.56 Å². The van der Waals surface area contributed by atoms with Gasteiger partial charge in [-0.05, 0) is 24.6 Å². The second kappa shape index (κ2) is 2.89. The maximum atomic E-state index is 9.22. The molecule has 66 valence electrons. The van der Waals surface area contributed by atoms with E-state index < -0.39 is 0 Å². The highest BCUT2D eigenvalue weighted by Crippen LogP contribution is 2.25. The van der Waals surface area contributed by atoms with Crippen molar-refractivity contribution in [1.29, 1.82) is 0 Å². The number of hydrogen-bond acceptors (Lipinski definition) is 2. The molecule has 0 aliphatic rings. The summed E-state index contributed by atoms with van der Waals surface area (Å²) in [5, 5.41) is 10.8. The maximum Gasteiger partial charge on any atom is 0.117 e. The van der Waals surface area contributed by atoms with Gasteiger partial charge in [0, 0.05) is 17.6 Å². The topological polar surface area (TPSA) is 33.1 Å². The maximum absolute atomic E-state index is 9.22. The standard InChI is InChI=1S/C10H8ClNO/c1-6-8-3-2-7(13)4-10(8)12-5-9(6)11/h2-5,13H,1H3. The molecule has 0 fully saturated rings. The van der Waals surface area contributed by atoms with Crippen LogP contribution in [0, 0.1) is 6.92 Å². The summed E-state index contributed by atoms with van der Waals surface area (Å²) in [6.45, 7) is 1.93. The predicted octanol–water partition coefficient (Wildman–Crippen LogP) is 2.90. The highest BCUT2D eigenvalue weighted by atomic mass is 35.5. The van der Waals surface area contributed by atoms with Gasteiger partial charge in [-0.1, -0.05) is 11.6 Å². The number of aromatic hydroxyl groups is 1. The molecular formula is C10H8ClNO. The lowest BCUT2D eigenvalue weighted by Crippen LogP contribution is -1.83. The number of hydrogen-bond donors (Lipinski definition) is 1. The van der Waals surface area contributed by atoms with Gasteiger partial charge in [0.1, 0.15) is 5.75 Å². The first-order chi connectivity index (χ1) is 6.18. The third-order valence-electron chi connectivity index (χ3n) is 2.06. The summed E-state index contributed by atoms with van der Waals surface area (Å²) >= 11 is 5.90. The van der Waals surface area contributed by atoms with Gasteiger partial charge in [0.2, 0.25) is 0 Å². The van der Waals surface area contributed by atoms with Gasteiger partial charge in [0.25, 0.3) is 0 Å². The van der Waals surface area contributed by atoms with Gasteiger partial charge in [-0.2, -0.15) is 0 Å². The number of rotatable bonds is 0. The van der Waals surface area contributed by atoms with Crippen LogP contribution in [-0.4, -0.2) is 10.1 Å². The van der Waals surface area contributed by atoms with Gasteiger partial charge in [-0.3, -0.25) is 4.98 Å². The van der Waals surface area contributed by atoms with E-state index in [4.69, 9.17) is 11.6 Å². The summed E-state index contributed by atoms with van der Waals surface area (Å²) in [5.41, 5.74) is 1.76. The van der Waals surface area contributed by atoms with Gasteiger partial charge >= 0.3 is 0 Å². The molecule has 1 aromatic carbocycles. The lowest BCUT2D eigenvalue weighted by atomic mass is 10.1. The van der Waals surface area contributed by atoms with Crippen LogP contribution in [0.25, 0.3) is 10.9 Å².